The third-order valence-corrected chi connectivity index (χ3v) is 4.40. The van der Waals surface area contributed by atoms with Gasteiger partial charge in [-0.1, -0.05) is 38.8 Å². The van der Waals surface area contributed by atoms with E-state index in [4.69, 9.17) is 0 Å². The highest BCUT2D eigenvalue weighted by Gasteiger charge is 2.24. The van der Waals surface area contributed by atoms with Gasteiger partial charge in [-0.3, -0.25) is 0 Å². The first kappa shape index (κ1) is 13.2. The molecule has 2 heterocycles. The summed E-state index contributed by atoms with van der Waals surface area (Å²) in [5.74, 6) is 0.587. The lowest BCUT2D eigenvalue weighted by molar-refractivity contribution is 0.332. The number of benzene rings is 1. The molecule has 0 fully saturated rings. The number of anilines is 1. The zero-order chi connectivity index (χ0) is 13.9. The van der Waals surface area contributed by atoms with Gasteiger partial charge in [-0.05, 0) is 29.5 Å². The van der Waals surface area contributed by atoms with Crippen LogP contribution in [0.25, 0.3) is 0 Å². The zero-order valence-corrected chi connectivity index (χ0v) is 12.2. The van der Waals surface area contributed by atoms with Gasteiger partial charge in [-0.15, -0.1) is 0 Å². The minimum atomic E-state index is 0.290. The smallest absolute Gasteiger partial charge is 0.137 e. The molecule has 1 atom stereocenters. The largest absolute Gasteiger partial charge is 0.384 e. The van der Waals surface area contributed by atoms with Crippen LogP contribution in [-0.2, 0) is 6.42 Å². The average molecular weight is 270 g/mol. The van der Waals surface area contributed by atoms with Gasteiger partial charge in [0.1, 0.15) is 12.7 Å². The maximum Gasteiger partial charge on any atom is 0.137 e. The lowest BCUT2D eigenvalue weighted by Gasteiger charge is -2.26. The predicted octanol–water partition coefficient (Wildman–Crippen LogP) is 3.27. The van der Waals surface area contributed by atoms with E-state index >= 15 is 0 Å². The molecule has 1 aromatic carbocycles. The Bertz CT molecular complexity index is 558. The second-order valence-electron chi connectivity index (χ2n) is 5.49. The van der Waals surface area contributed by atoms with Gasteiger partial charge in [0.05, 0.1) is 6.04 Å². The third kappa shape index (κ3) is 2.30. The van der Waals surface area contributed by atoms with E-state index in [1.165, 1.54) is 16.8 Å². The zero-order valence-electron chi connectivity index (χ0n) is 12.2. The Balaban J connectivity index is 2.01. The predicted molar refractivity (Wildman–Crippen MR) is 80.9 cm³/mol. The van der Waals surface area contributed by atoms with Gasteiger partial charge in [-0.25, -0.2) is 9.67 Å². The van der Waals surface area contributed by atoms with Crippen molar-refractivity contribution in [3.05, 3.63) is 42.0 Å². The maximum absolute atomic E-state index is 4.39. The minimum Gasteiger partial charge on any atom is -0.384 e. The molecule has 0 bridgehead atoms. The molecule has 1 aliphatic rings. The molecule has 0 spiro atoms. The topological polar surface area (TPSA) is 42.7 Å². The van der Waals surface area contributed by atoms with Crippen molar-refractivity contribution in [2.45, 2.75) is 39.2 Å². The van der Waals surface area contributed by atoms with Crippen LogP contribution in [0.15, 0.2) is 30.9 Å². The van der Waals surface area contributed by atoms with E-state index in [0.29, 0.717) is 12.0 Å². The number of nitrogens with zero attached hydrogens (tertiary/aromatic N) is 3. The van der Waals surface area contributed by atoms with E-state index in [9.17, 15) is 0 Å². The SMILES string of the molecule is CCC(CC)C(c1ccc2c(c1)CCN2)n1cncn1. The van der Waals surface area contributed by atoms with Crippen LogP contribution in [0.5, 0.6) is 0 Å². The summed E-state index contributed by atoms with van der Waals surface area (Å²) in [7, 11) is 0. The normalized spacial score (nSPS) is 15.2. The third-order valence-electron chi connectivity index (χ3n) is 4.40. The summed E-state index contributed by atoms with van der Waals surface area (Å²) in [5, 5.41) is 7.82. The van der Waals surface area contributed by atoms with Gasteiger partial charge in [-0.2, -0.15) is 5.10 Å². The molecule has 0 amide bonds. The molecule has 3 rings (SSSR count). The molecule has 1 unspecified atom stereocenters. The summed E-state index contributed by atoms with van der Waals surface area (Å²) in [5.41, 5.74) is 4.07. The molecule has 0 saturated heterocycles. The second-order valence-corrected chi connectivity index (χ2v) is 5.49. The van der Waals surface area contributed by atoms with E-state index < -0.39 is 0 Å². The summed E-state index contributed by atoms with van der Waals surface area (Å²) in [6, 6.07) is 7.09. The molecule has 2 aromatic rings. The molecule has 4 nitrogen and oxygen atoms in total. The van der Waals surface area contributed by atoms with Crippen molar-refractivity contribution < 1.29 is 0 Å². The van der Waals surface area contributed by atoms with Crippen molar-refractivity contribution in [1.82, 2.24) is 14.8 Å². The van der Waals surface area contributed by atoms with Crippen molar-refractivity contribution in [2.24, 2.45) is 5.92 Å². The van der Waals surface area contributed by atoms with Gasteiger partial charge in [0.15, 0.2) is 0 Å². The van der Waals surface area contributed by atoms with Crippen LogP contribution in [-0.4, -0.2) is 21.3 Å². The fourth-order valence-electron chi connectivity index (χ4n) is 3.25. The van der Waals surface area contributed by atoms with Crippen LogP contribution in [0.1, 0.15) is 43.9 Å². The van der Waals surface area contributed by atoms with Crippen molar-refractivity contribution in [1.29, 1.82) is 0 Å². The highest BCUT2D eigenvalue weighted by Crippen LogP contribution is 2.33. The maximum atomic E-state index is 4.39. The lowest BCUT2D eigenvalue weighted by Crippen LogP contribution is -2.20. The molecule has 0 saturated carbocycles. The van der Waals surface area contributed by atoms with E-state index in [-0.39, 0.29) is 0 Å². The van der Waals surface area contributed by atoms with Crippen LogP contribution in [0.2, 0.25) is 0 Å². The van der Waals surface area contributed by atoms with Gasteiger partial charge in [0, 0.05) is 12.2 Å². The Kier molecular flexibility index (Phi) is 3.72. The van der Waals surface area contributed by atoms with Crippen molar-refractivity contribution in [3.8, 4) is 0 Å². The number of rotatable bonds is 5. The van der Waals surface area contributed by atoms with E-state index in [0.717, 1.165) is 25.8 Å². The minimum absolute atomic E-state index is 0.290. The molecule has 20 heavy (non-hydrogen) atoms. The standard InChI is InChI=1S/C16H22N4/c1-3-12(4-2)16(20-11-17-10-19-20)14-5-6-15-13(9-14)7-8-18-15/h5-6,9-12,16,18H,3-4,7-8H2,1-2H3. The molecule has 1 N–H and O–H groups in total. The summed E-state index contributed by atoms with van der Waals surface area (Å²) < 4.78 is 2.02. The first-order valence-corrected chi connectivity index (χ1v) is 7.54. The second kappa shape index (κ2) is 5.65. The molecule has 1 aliphatic heterocycles. The highest BCUT2D eigenvalue weighted by atomic mass is 15.3. The van der Waals surface area contributed by atoms with E-state index in [1.807, 2.05) is 11.0 Å². The average Bonchev–Trinajstić information content (AvgIpc) is 3.14. The number of aromatic nitrogens is 3. The first-order chi connectivity index (χ1) is 9.83. The quantitative estimate of drug-likeness (QED) is 0.906. The molecule has 0 aliphatic carbocycles. The van der Waals surface area contributed by atoms with Gasteiger partial charge < -0.3 is 5.32 Å². The van der Waals surface area contributed by atoms with Gasteiger partial charge in [0.25, 0.3) is 0 Å². The Labute approximate surface area is 120 Å². The van der Waals surface area contributed by atoms with Crippen molar-refractivity contribution in [2.75, 3.05) is 11.9 Å². The fourth-order valence-corrected chi connectivity index (χ4v) is 3.25. The number of fused-ring (bicyclic) bond motifs is 1. The summed E-state index contributed by atoms with van der Waals surface area (Å²) >= 11 is 0. The number of hydrogen-bond donors (Lipinski definition) is 1. The Morgan fingerprint density at radius 1 is 1.30 bits per heavy atom. The monoisotopic (exact) mass is 270 g/mol. The molecule has 1 aromatic heterocycles. The molecular weight excluding hydrogens is 248 g/mol. The summed E-state index contributed by atoms with van der Waals surface area (Å²) in [6.45, 7) is 5.57. The molecule has 106 valence electrons. The first-order valence-electron chi connectivity index (χ1n) is 7.54. The fraction of sp³-hybridized carbons (Fsp3) is 0.500. The summed E-state index contributed by atoms with van der Waals surface area (Å²) in [4.78, 5) is 4.13. The van der Waals surface area contributed by atoms with Gasteiger partial charge in [0.2, 0.25) is 0 Å². The van der Waals surface area contributed by atoms with Crippen LogP contribution >= 0.6 is 0 Å². The molecule has 4 heteroatoms. The molecule has 0 radical (unpaired) electrons. The highest BCUT2D eigenvalue weighted by molar-refractivity contribution is 5.57. The summed E-state index contributed by atoms with van der Waals surface area (Å²) in [6.07, 6.45) is 6.89. The lowest BCUT2D eigenvalue weighted by atomic mass is 9.88. The van der Waals surface area contributed by atoms with E-state index in [1.54, 1.807) is 6.33 Å². The van der Waals surface area contributed by atoms with E-state index in [2.05, 4.69) is 47.4 Å². The van der Waals surface area contributed by atoms with Crippen molar-refractivity contribution in [3.63, 3.8) is 0 Å². The number of nitrogens with one attached hydrogen (secondary N) is 1. The van der Waals surface area contributed by atoms with Crippen molar-refractivity contribution >= 4 is 5.69 Å². The Hall–Kier alpha value is -1.84. The van der Waals surface area contributed by atoms with Crippen LogP contribution in [0, 0.1) is 5.92 Å². The van der Waals surface area contributed by atoms with Crippen LogP contribution in [0.4, 0.5) is 5.69 Å². The van der Waals surface area contributed by atoms with Gasteiger partial charge >= 0.3 is 0 Å². The Morgan fingerprint density at radius 2 is 2.15 bits per heavy atom. The molecular formula is C16H22N4. The number of hydrogen-bond acceptors (Lipinski definition) is 3. The Morgan fingerprint density at radius 3 is 2.85 bits per heavy atom. The van der Waals surface area contributed by atoms with Crippen LogP contribution < -0.4 is 5.32 Å². The van der Waals surface area contributed by atoms with Crippen LogP contribution in [0.3, 0.4) is 0 Å².